The fourth-order valence-corrected chi connectivity index (χ4v) is 9.14. The quantitative estimate of drug-likeness (QED) is 0.492. The van der Waals surface area contributed by atoms with E-state index in [0.717, 1.165) is 18.3 Å². The molecule has 2 bridgehead atoms. The third kappa shape index (κ3) is 3.36. The maximum Gasteiger partial charge on any atom is 0.186 e. The van der Waals surface area contributed by atoms with Crippen molar-refractivity contribution in [2.75, 3.05) is 13.2 Å². The van der Waals surface area contributed by atoms with Gasteiger partial charge in [-0.25, -0.2) is 0 Å². The van der Waals surface area contributed by atoms with Crippen LogP contribution in [0.3, 0.4) is 0 Å². The Morgan fingerprint density at radius 2 is 1.78 bits per heavy atom. The molecule has 4 aliphatic carbocycles. The molecule has 6 nitrogen and oxygen atoms in total. The van der Waals surface area contributed by atoms with Gasteiger partial charge in [0.1, 0.15) is 24.4 Å². The van der Waals surface area contributed by atoms with E-state index < -0.39 is 37.3 Å². The second-order valence-electron chi connectivity index (χ2n) is 12.3. The molecule has 32 heavy (non-hydrogen) atoms. The van der Waals surface area contributed by atoms with E-state index in [2.05, 4.69) is 20.4 Å². The van der Waals surface area contributed by atoms with Crippen LogP contribution in [-0.4, -0.2) is 64.3 Å². The van der Waals surface area contributed by atoms with Crippen molar-refractivity contribution < 1.29 is 29.9 Å². The fraction of sp³-hybridized carbons (Fsp3) is 0.923. The molecular weight excluding hydrogens is 408 g/mol. The van der Waals surface area contributed by atoms with Crippen LogP contribution in [0.25, 0.3) is 0 Å². The third-order valence-electron chi connectivity index (χ3n) is 10.6. The van der Waals surface area contributed by atoms with Gasteiger partial charge in [-0.1, -0.05) is 32.4 Å². The Labute approximate surface area is 192 Å². The Kier molecular flexibility index (Phi) is 5.83. The van der Waals surface area contributed by atoms with Gasteiger partial charge in [-0.2, -0.15) is 0 Å². The number of aliphatic hydroxyl groups is 4. The number of allylic oxidation sites excluding steroid dienone is 1. The molecule has 5 aliphatic rings. The van der Waals surface area contributed by atoms with Crippen molar-refractivity contribution in [2.45, 2.75) is 102 Å². The second-order valence-corrected chi connectivity index (χ2v) is 12.3. The number of aliphatic hydroxyl groups excluding tert-OH is 4. The molecule has 1 saturated heterocycles. The Morgan fingerprint density at radius 3 is 2.53 bits per heavy atom. The zero-order valence-corrected chi connectivity index (χ0v) is 19.7. The first-order valence-corrected chi connectivity index (χ1v) is 12.7. The Bertz CT molecular complexity index is 740. The first kappa shape index (κ1) is 23.3. The lowest BCUT2D eigenvalue weighted by Crippen LogP contribution is -2.60. The minimum Gasteiger partial charge on any atom is -0.394 e. The van der Waals surface area contributed by atoms with E-state index in [0.29, 0.717) is 23.4 Å². The van der Waals surface area contributed by atoms with Crippen molar-refractivity contribution in [3.63, 3.8) is 0 Å². The normalized spacial score (nSPS) is 55.4. The largest absolute Gasteiger partial charge is 0.394 e. The van der Waals surface area contributed by atoms with E-state index in [1.165, 1.54) is 56.9 Å². The summed E-state index contributed by atoms with van der Waals surface area (Å²) in [6, 6.07) is 0. The lowest BCUT2D eigenvalue weighted by molar-refractivity contribution is -0.310. The molecule has 0 aromatic heterocycles. The molecule has 2 unspecified atom stereocenters. The highest BCUT2D eigenvalue weighted by Crippen LogP contribution is 2.72. The van der Waals surface area contributed by atoms with Crippen LogP contribution in [0.4, 0.5) is 0 Å². The van der Waals surface area contributed by atoms with Crippen LogP contribution < -0.4 is 0 Å². The summed E-state index contributed by atoms with van der Waals surface area (Å²) in [6.07, 6.45) is 5.17. The topological polar surface area (TPSA) is 99.4 Å². The minimum absolute atomic E-state index is 0.0279. The van der Waals surface area contributed by atoms with E-state index in [1.807, 2.05) is 0 Å². The van der Waals surface area contributed by atoms with Crippen LogP contribution in [0.5, 0.6) is 0 Å². The summed E-state index contributed by atoms with van der Waals surface area (Å²) in [5.41, 5.74) is 2.22. The Balaban J connectivity index is 1.33. The van der Waals surface area contributed by atoms with E-state index in [1.54, 1.807) is 0 Å². The SMILES string of the molecule is C=C1C[C@@]23CCC4[C@](C)(CO[C@@H]5O[C@H](CO)[C@@H](O)[C@H](O)[C@H]5O)CCC[C@@]4(C)C2CC[C@@H]1C3. The summed E-state index contributed by atoms with van der Waals surface area (Å²) in [4.78, 5) is 0. The summed E-state index contributed by atoms with van der Waals surface area (Å²) in [5.74, 6) is 2.04. The molecule has 0 aromatic carbocycles. The molecule has 0 amide bonds. The van der Waals surface area contributed by atoms with Gasteiger partial charge in [-0.15, -0.1) is 0 Å². The van der Waals surface area contributed by atoms with Crippen molar-refractivity contribution in [3.8, 4) is 0 Å². The molecule has 1 aliphatic heterocycles. The molecule has 182 valence electrons. The summed E-state index contributed by atoms with van der Waals surface area (Å²) in [7, 11) is 0. The van der Waals surface area contributed by atoms with E-state index >= 15 is 0 Å². The number of hydrogen-bond donors (Lipinski definition) is 4. The van der Waals surface area contributed by atoms with Gasteiger partial charge in [-0.05, 0) is 85.4 Å². The number of fused-ring (bicyclic) bond motifs is 3. The average molecular weight is 451 g/mol. The van der Waals surface area contributed by atoms with Gasteiger partial charge in [0, 0.05) is 0 Å². The summed E-state index contributed by atoms with van der Waals surface area (Å²) >= 11 is 0. The van der Waals surface area contributed by atoms with Gasteiger partial charge in [0.25, 0.3) is 0 Å². The minimum atomic E-state index is -1.39. The number of hydrogen-bond acceptors (Lipinski definition) is 6. The molecule has 4 saturated carbocycles. The van der Waals surface area contributed by atoms with Crippen LogP contribution in [0.2, 0.25) is 0 Å². The molecule has 5 fully saturated rings. The smallest absolute Gasteiger partial charge is 0.186 e. The molecule has 6 heteroatoms. The molecule has 0 aromatic rings. The second kappa shape index (κ2) is 8.03. The summed E-state index contributed by atoms with van der Waals surface area (Å²) in [5, 5.41) is 40.1. The number of ether oxygens (including phenoxy) is 2. The monoisotopic (exact) mass is 450 g/mol. The first-order valence-electron chi connectivity index (χ1n) is 12.7. The van der Waals surface area contributed by atoms with Crippen molar-refractivity contribution in [2.24, 2.45) is 34.0 Å². The standard InChI is InChI=1S/C26H42O6/c1-15-11-26-10-7-18-24(2,8-4-9-25(18,3)19(26)6-5-16(15)12-26)14-31-23-22(30)21(29)20(28)17(13-27)32-23/h16-23,27-30H,1,4-14H2,2-3H3/t16-,17-,18?,19?,20-,21+,22-,23-,24+,25-,26-/m1/s1. The molecular formula is C26H42O6. The Hall–Kier alpha value is -0.500. The Morgan fingerprint density at radius 1 is 1.00 bits per heavy atom. The zero-order valence-electron chi connectivity index (χ0n) is 19.7. The van der Waals surface area contributed by atoms with Crippen LogP contribution in [0, 0.1) is 34.0 Å². The maximum atomic E-state index is 10.4. The molecule has 11 atom stereocenters. The van der Waals surface area contributed by atoms with Gasteiger partial charge in [0.2, 0.25) is 0 Å². The van der Waals surface area contributed by atoms with Crippen molar-refractivity contribution >= 4 is 0 Å². The highest BCUT2D eigenvalue weighted by atomic mass is 16.7. The molecule has 4 N–H and O–H groups in total. The van der Waals surface area contributed by atoms with Crippen molar-refractivity contribution in [1.29, 1.82) is 0 Å². The van der Waals surface area contributed by atoms with Crippen LogP contribution in [-0.2, 0) is 9.47 Å². The van der Waals surface area contributed by atoms with Gasteiger partial charge < -0.3 is 29.9 Å². The van der Waals surface area contributed by atoms with Gasteiger partial charge in [0.15, 0.2) is 6.29 Å². The molecule has 0 radical (unpaired) electrons. The van der Waals surface area contributed by atoms with Gasteiger partial charge in [-0.3, -0.25) is 0 Å². The van der Waals surface area contributed by atoms with E-state index in [9.17, 15) is 20.4 Å². The maximum absolute atomic E-state index is 10.4. The predicted octanol–water partition coefficient (Wildman–Crippen LogP) is 2.77. The predicted molar refractivity (Wildman–Crippen MR) is 120 cm³/mol. The van der Waals surface area contributed by atoms with Crippen molar-refractivity contribution in [3.05, 3.63) is 12.2 Å². The molecule has 1 heterocycles. The lowest BCUT2D eigenvalue weighted by atomic mass is 9.41. The number of rotatable bonds is 4. The highest BCUT2D eigenvalue weighted by molar-refractivity contribution is 5.22. The van der Waals surface area contributed by atoms with E-state index in [-0.39, 0.29) is 5.41 Å². The highest BCUT2D eigenvalue weighted by Gasteiger charge is 2.63. The third-order valence-corrected chi connectivity index (χ3v) is 10.6. The van der Waals surface area contributed by atoms with Crippen LogP contribution >= 0.6 is 0 Å². The molecule has 1 spiro atoms. The molecule has 5 rings (SSSR count). The van der Waals surface area contributed by atoms with E-state index in [4.69, 9.17) is 9.47 Å². The zero-order chi connectivity index (χ0) is 22.9. The van der Waals surface area contributed by atoms with Crippen LogP contribution in [0.1, 0.15) is 71.6 Å². The lowest BCUT2D eigenvalue weighted by Gasteiger charge is -2.64. The average Bonchev–Trinajstić information content (AvgIpc) is 2.99. The van der Waals surface area contributed by atoms with Crippen molar-refractivity contribution in [1.82, 2.24) is 0 Å². The first-order chi connectivity index (χ1) is 15.1. The van der Waals surface area contributed by atoms with Gasteiger partial charge in [0.05, 0.1) is 13.2 Å². The fourth-order valence-electron chi connectivity index (χ4n) is 9.14. The summed E-state index contributed by atoms with van der Waals surface area (Å²) in [6.45, 7) is 9.32. The van der Waals surface area contributed by atoms with Crippen LogP contribution in [0.15, 0.2) is 12.2 Å². The van der Waals surface area contributed by atoms with Gasteiger partial charge >= 0.3 is 0 Å². The summed E-state index contributed by atoms with van der Waals surface area (Å²) < 4.78 is 11.7.